The van der Waals surface area contributed by atoms with Crippen molar-refractivity contribution in [1.82, 2.24) is 4.57 Å². The number of benzene rings is 1. The van der Waals surface area contributed by atoms with Crippen LogP contribution in [0.3, 0.4) is 0 Å². The first-order valence-corrected chi connectivity index (χ1v) is 7.81. The van der Waals surface area contributed by atoms with Gasteiger partial charge in [0.15, 0.2) is 5.78 Å². The van der Waals surface area contributed by atoms with Gasteiger partial charge in [-0.1, -0.05) is 15.9 Å². The van der Waals surface area contributed by atoms with Gasteiger partial charge in [0, 0.05) is 33.4 Å². The van der Waals surface area contributed by atoms with Crippen LogP contribution in [0.5, 0.6) is 0 Å². The molecule has 0 N–H and O–H groups in total. The van der Waals surface area contributed by atoms with Gasteiger partial charge in [-0.05, 0) is 44.2 Å². The second-order valence-electron chi connectivity index (χ2n) is 4.51. The Morgan fingerprint density at radius 3 is 2.42 bits per heavy atom. The van der Waals surface area contributed by atoms with E-state index in [1.54, 1.807) is 11.8 Å². The molecule has 0 aliphatic rings. The molecule has 2 aromatic rings. The van der Waals surface area contributed by atoms with E-state index in [0.717, 1.165) is 26.3 Å². The number of hydrogen-bond acceptors (Lipinski definition) is 2. The third-order valence-electron chi connectivity index (χ3n) is 3.26. The number of hydrogen-bond donors (Lipinski definition) is 0. The Balaban J connectivity index is 2.05. The summed E-state index contributed by atoms with van der Waals surface area (Å²) in [5, 5.41) is 0. The molecule has 4 heteroatoms. The van der Waals surface area contributed by atoms with Crippen molar-refractivity contribution in [2.75, 3.05) is 5.75 Å². The Labute approximate surface area is 126 Å². The molecule has 0 unspecified atom stereocenters. The van der Waals surface area contributed by atoms with Crippen LogP contribution in [0.2, 0.25) is 0 Å². The van der Waals surface area contributed by atoms with Crippen molar-refractivity contribution in [3.8, 4) is 0 Å². The number of aromatic nitrogens is 1. The zero-order valence-corrected chi connectivity index (χ0v) is 13.6. The second-order valence-corrected chi connectivity index (χ2v) is 6.47. The van der Waals surface area contributed by atoms with Crippen LogP contribution in [0.4, 0.5) is 0 Å². The van der Waals surface area contributed by atoms with E-state index in [1.165, 1.54) is 0 Å². The molecular weight excluding hydrogens is 322 g/mol. The lowest BCUT2D eigenvalue weighted by atomic mass is 10.2. The van der Waals surface area contributed by atoms with E-state index in [4.69, 9.17) is 0 Å². The molecule has 0 saturated carbocycles. The number of Topliss-reactive ketones (excluding diaryl/α,β-unsaturated/α-hetero) is 1. The summed E-state index contributed by atoms with van der Waals surface area (Å²) >= 11 is 4.98. The lowest BCUT2D eigenvalue weighted by Crippen LogP contribution is -2.04. The highest BCUT2D eigenvalue weighted by Gasteiger charge is 2.14. The van der Waals surface area contributed by atoms with Crippen LogP contribution in [0.1, 0.15) is 21.7 Å². The molecule has 0 amide bonds. The van der Waals surface area contributed by atoms with E-state index < -0.39 is 0 Å². The quantitative estimate of drug-likeness (QED) is 0.610. The fourth-order valence-corrected chi connectivity index (χ4v) is 2.94. The van der Waals surface area contributed by atoms with Crippen LogP contribution in [0, 0.1) is 13.8 Å². The van der Waals surface area contributed by atoms with Crippen LogP contribution in [0.25, 0.3) is 0 Å². The number of nitrogens with zero attached hydrogens (tertiary/aromatic N) is 1. The summed E-state index contributed by atoms with van der Waals surface area (Å²) in [5.74, 6) is 0.667. The highest BCUT2D eigenvalue weighted by Crippen LogP contribution is 2.23. The number of carbonyl (C=O) groups is 1. The lowest BCUT2D eigenvalue weighted by Gasteiger charge is -2.03. The number of halogens is 1. The van der Waals surface area contributed by atoms with Gasteiger partial charge in [0.1, 0.15) is 0 Å². The fraction of sp³-hybridized carbons (Fsp3) is 0.267. The lowest BCUT2D eigenvalue weighted by molar-refractivity contribution is 0.102. The summed E-state index contributed by atoms with van der Waals surface area (Å²) in [5.41, 5.74) is 3.00. The van der Waals surface area contributed by atoms with Gasteiger partial charge in [-0.2, -0.15) is 0 Å². The van der Waals surface area contributed by atoms with Gasteiger partial charge < -0.3 is 4.57 Å². The van der Waals surface area contributed by atoms with Crippen LogP contribution in [-0.4, -0.2) is 16.1 Å². The Morgan fingerprint density at radius 2 is 1.89 bits per heavy atom. The maximum absolute atomic E-state index is 12.2. The molecule has 0 fully saturated rings. The molecule has 0 atom stereocenters. The predicted octanol–water partition coefficient (Wildman–Crippen LogP) is 4.38. The topological polar surface area (TPSA) is 22.0 Å². The van der Waals surface area contributed by atoms with Crippen molar-refractivity contribution in [3.63, 3.8) is 0 Å². The molecule has 0 bridgehead atoms. The van der Waals surface area contributed by atoms with Crippen molar-refractivity contribution in [1.29, 1.82) is 0 Å². The van der Waals surface area contributed by atoms with E-state index in [-0.39, 0.29) is 5.78 Å². The molecule has 0 spiro atoms. The minimum absolute atomic E-state index is 0.189. The molecule has 19 heavy (non-hydrogen) atoms. The van der Waals surface area contributed by atoms with E-state index in [1.807, 2.05) is 51.2 Å². The Kier molecular flexibility index (Phi) is 4.53. The van der Waals surface area contributed by atoms with Crippen LogP contribution < -0.4 is 0 Å². The minimum atomic E-state index is 0.189. The molecule has 2 rings (SSSR count). The van der Waals surface area contributed by atoms with Crippen molar-refractivity contribution < 1.29 is 4.79 Å². The number of rotatable bonds is 4. The fourth-order valence-electron chi connectivity index (χ4n) is 1.90. The van der Waals surface area contributed by atoms with Crippen LogP contribution in [0.15, 0.2) is 39.7 Å². The smallest absolute Gasteiger partial charge is 0.174 e. The summed E-state index contributed by atoms with van der Waals surface area (Å²) < 4.78 is 3.11. The van der Waals surface area contributed by atoms with Crippen molar-refractivity contribution in [2.45, 2.75) is 18.7 Å². The van der Waals surface area contributed by atoms with Gasteiger partial charge in [-0.15, -0.1) is 11.8 Å². The maximum atomic E-state index is 12.2. The van der Waals surface area contributed by atoms with E-state index in [0.29, 0.717) is 5.75 Å². The first-order chi connectivity index (χ1) is 8.99. The predicted molar refractivity (Wildman–Crippen MR) is 84.1 cm³/mol. The molecule has 100 valence electrons. The molecular formula is C15H16BrNOS. The largest absolute Gasteiger partial charge is 0.351 e. The maximum Gasteiger partial charge on any atom is 0.174 e. The van der Waals surface area contributed by atoms with Crippen molar-refractivity contribution in [2.24, 2.45) is 7.05 Å². The minimum Gasteiger partial charge on any atom is -0.351 e. The van der Waals surface area contributed by atoms with Crippen LogP contribution >= 0.6 is 27.7 Å². The molecule has 1 aromatic heterocycles. The summed E-state index contributed by atoms with van der Waals surface area (Å²) in [6.45, 7) is 4.01. The number of aryl methyl sites for hydroxylation is 1. The van der Waals surface area contributed by atoms with Gasteiger partial charge in [0.2, 0.25) is 0 Å². The summed E-state index contributed by atoms with van der Waals surface area (Å²) in [6.07, 6.45) is 0. The highest BCUT2D eigenvalue weighted by molar-refractivity contribution is 9.10. The van der Waals surface area contributed by atoms with Gasteiger partial charge in [0.25, 0.3) is 0 Å². The van der Waals surface area contributed by atoms with Gasteiger partial charge >= 0.3 is 0 Å². The molecule has 2 nitrogen and oxygen atoms in total. The summed E-state index contributed by atoms with van der Waals surface area (Å²) in [7, 11) is 1.99. The SMILES string of the molecule is Cc1cc(C(=O)CSc2ccc(Br)cc2)c(C)n1C. The molecule has 0 radical (unpaired) electrons. The highest BCUT2D eigenvalue weighted by atomic mass is 79.9. The van der Waals surface area contributed by atoms with Gasteiger partial charge in [0.05, 0.1) is 5.75 Å². The molecule has 0 aliphatic carbocycles. The zero-order valence-electron chi connectivity index (χ0n) is 11.2. The van der Waals surface area contributed by atoms with Crippen molar-refractivity contribution >= 4 is 33.5 Å². The third-order valence-corrected chi connectivity index (χ3v) is 4.80. The van der Waals surface area contributed by atoms with E-state index in [9.17, 15) is 4.79 Å². The summed E-state index contributed by atoms with van der Waals surface area (Å²) in [4.78, 5) is 13.3. The average Bonchev–Trinajstić information content (AvgIpc) is 2.65. The molecule has 1 aromatic carbocycles. The monoisotopic (exact) mass is 337 g/mol. The average molecular weight is 338 g/mol. The first-order valence-electron chi connectivity index (χ1n) is 6.03. The Hall–Kier alpha value is -1.00. The molecule has 0 saturated heterocycles. The molecule has 0 aliphatic heterocycles. The van der Waals surface area contributed by atoms with Crippen LogP contribution in [-0.2, 0) is 7.05 Å². The zero-order chi connectivity index (χ0) is 14.0. The first kappa shape index (κ1) is 14.4. The third kappa shape index (κ3) is 3.31. The summed E-state index contributed by atoms with van der Waals surface area (Å²) in [6, 6.07) is 9.99. The number of thioether (sulfide) groups is 1. The number of ketones is 1. The van der Waals surface area contributed by atoms with Crippen molar-refractivity contribution in [3.05, 3.63) is 51.8 Å². The van der Waals surface area contributed by atoms with Gasteiger partial charge in [-0.3, -0.25) is 4.79 Å². The Bertz CT molecular complexity index is 601. The second kappa shape index (κ2) is 5.97. The molecule has 1 heterocycles. The Morgan fingerprint density at radius 1 is 1.26 bits per heavy atom. The standard InChI is InChI=1S/C15H16BrNOS/c1-10-8-14(11(2)17(10)3)15(18)9-19-13-6-4-12(16)5-7-13/h4-8H,9H2,1-3H3. The normalized spacial score (nSPS) is 10.7. The van der Waals surface area contributed by atoms with E-state index >= 15 is 0 Å². The van der Waals surface area contributed by atoms with E-state index in [2.05, 4.69) is 20.5 Å². The number of carbonyl (C=O) groups excluding carboxylic acids is 1. The van der Waals surface area contributed by atoms with Gasteiger partial charge in [-0.25, -0.2) is 0 Å².